The van der Waals surface area contributed by atoms with Crippen LogP contribution in [-0.2, 0) is 16.0 Å². The van der Waals surface area contributed by atoms with Gasteiger partial charge in [-0.15, -0.1) is 0 Å². The molecule has 0 bridgehead atoms. The zero-order chi connectivity index (χ0) is 14.2. The predicted octanol–water partition coefficient (Wildman–Crippen LogP) is 1.43. The minimum atomic E-state index is 0.703. The van der Waals surface area contributed by atoms with Crippen molar-refractivity contribution in [1.82, 2.24) is 10.3 Å². The molecule has 0 amide bonds. The van der Waals surface area contributed by atoms with Crippen molar-refractivity contribution in [1.29, 1.82) is 0 Å². The molecule has 1 saturated carbocycles. The molecule has 0 atom stereocenters. The van der Waals surface area contributed by atoms with E-state index in [-0.39, 0.29) is 0 Å². The molecule has 0 aromatic carbocycles. The summed E-state index contributed by atoms with van der Waals surface area (Å²) in [6.07, 6.45) is 6.40. The van der Waals surface area contributed by atoms with Crippen LogP contribution in [0.5, 0.6) is 0 Å². The normalized spacial score (nSPS) is 14.5. The van der Waals surface area contributed by atoms with Crippen molar-refractivity contribution in [2.24, 2.45) is 0 Å². The van der Waals surface area contributed by atoms with Crippen LogP contribution in [0.15, 0.2) is 18.5 Å². The Kier molecular flexibility index (Phi) is 6.24. The van der Waals surface area contributed by atoms with E-state index in [0.717, 1.165) is 19.6 Å². The van der Waals surface area contributed by atoms with Gasteiger partial charge in [-0.2, -0.15) is 0 Å². The van der Waals surface area contributed by atoms with E-state index in [1.807, 2.05) is 12.4 Å². The summed E-state index contributed by atoms with van der Waals surface area (Å²) in [5.74, 6) is 0. The third-order valence-corrected chi connectivity index (χ3v) is 3.51. The summed E-state index contributed by atoms with van der Waals surface area (Å²) in [5, 5.41) is 3.55. The fourth-order valence-electron chi connectivity index (χ4n) is 2.16. The van der Waals surface area contributed by atoms with Crippen LogP contribution >= 0.6 is 0 Å². The molecule has 1 aliphatic rings. The smallest absolute Gasteiger partial charge is 0.0637 e. The molecule has 0 unspecified atom stereocenters. The van der Waals surface area contributed by atoms with E-state index in [9.17, 15) is 0 Å². The number of hydrogen-bond donors (Lipinski definition) is 1. The number of nitrogens with one attached hydrogen (secondary N) is 1. The summed E-state index contributed by atoms with van der Waals surface area (Å²) in [7, 11) is 3.47. The Morgan fingerprint density at radius 3 is 2.55 bits per heavy atom. The highest BCUT2D eigenvalue weighted by Crippen LogP contribution is 2.23. The molecular weight excluding hydrogens is 254 g/mol. The summed E-state index contributed by atoms with van der Waals surface area (Å²) in [6.45, 7) is 4.02. The molecule has 2 rings (SSSR count). The van der Waals surface area contributed by atoms with Crippen molar-refractivity contribution in [3.05, 3.63) is 24.0 Å². The summed E-state index contributed by atoms with van der Waals surface area (Å²) >= 11 is 0. The van der Waals surface area contributed by atoms with E-state index >= 15 is 0 Å². The lowest BCUT2D eigenvalue weighted by Crippen LogP contribution is -2.32. The molecule has 1 N–H and O–H groups in total. The molecule has 0 radical (unpaired) electrons. The van der Waals surface area contributed by atoms with E-state index in [1.54, 1.807) is 14.2 Å². The number of nitrogens with zero attached hydrogens (tertiary/aromatic N) is 2. The first-order valence-corrected chi connectivity index (χ1v) is 7.24. The lowest BCUT2D eigenvalue weighted by molar-refractivity contribution is 0.190. The zero-order valence-corrected chi connectivity index (χ0v) is 12.5. The van der Waals surface area contributed by atoms with Crippen molar-refractivity contribution in [2.45, 2.75) is 25.4 Å². The molecule has 20 heavy (non-hydrogen) atoms. The Morgan fingerprint density at radius 1 is 1.25 bits per heavy atom. The zero-order valence-electron chi connectivity index (χ0n) is 12.5. The Labute approximate surface area is 121 Å². The first-order chi connectivity index (χ1) is 9.85. The fourth-order valence-corrected chi connectivity index (χ4v) is 2.16. The standard InChI is InChI=1S/C15H25N3O2/c1-19-9-7-18(8-10-20-2)15-5-6-16-11-13(15)12-17-14-3-4-14/h5-6,11,14,17H,3-4,7-10,12H2,1-2H3. The van der Waals surface area contributed by atoms with Crippen molar-refractivity contribution in [2.75, 3.05) is 45.4 Å². The van der Waals surface area contributed by atoms with E-state index in [0.29, 0.717) is 19.3 Å². The van der Waals surface area contributed by atoms with Gasteiger partial charge < -0.3 is 19.7 Å². The number of pyridine rings is 1. The van der Waals surface area contributed by atoms with Crippen LogP contribution < -0.4 is 10.2 Å². The first-order valence-electron chi connectivity index (χ1n) is 7.24. The molecule has 5 heteroatoms. The number of methoxy groups -OCH3 is 2. The molecule has 0 saturated heterocycles. The van der Waals surface area contributed by atoms with Gasteiger partial charge in [0.1, 0.15) is 0 Å². The third-order valence-electron chi connectivity index (χ3n) is 3.51. The Balaban J connectivity index is 2.03. The summed E-state index contributed by atoms with van der Waals surface area (Å²) in [5.41, 5.74) is 2.47. The molecule has 1 aromatic heterocycles. The number of ether oxygens (including phenoxy) is 2. The fraction of sp³-hybridized carbons (Fsp3) is 0.667. The van der Waals surface area contributed by atoms with Crippen LogP contribution in [0, 0.1) is 0 Å². The molecule has 1 aliphatic carbocycles. The second-order valence-corrected chi connectivity index (χ2v) is 5.13. The quantitative estimate of drug-likeness (QED) is 0.702. The average molecular weight is 279 g/mol. The van der Waals surface area contributed by atoms with Crippen molar-refractivity contribution < 1.29 is 9.47 Å². The van der Waals surface area contributed by atoms with Gasteiger partial charge in [0.15, 0.2) is 0 Å². The van der Waals surface area contributed by atoms with Crippen LogP contribution in [0.3, 0.4) is 0 Å². The average Bonchev–Trinajstić information content (AvgIpc) is 3.30. The molecule has 1 fully saturated rings. The highest BCUT2D eigenvalue weighted by molar-refractivity contribution is 5.52. The molecular formula is C15H25N3O2. The molecule has 1 heterocycles. The van der Waals surface area contributed by atoms with Crippen LogP contribution in [0.25, 0.3) is 0 Å². The second-order valence-electron chi connectivity index (χ2n) is 5.13. The first kappa shape index (κ1) is 15.2. The van der Waals surface area contributed by atoms with Crippen molar-refractivity contribution >= 4 is 5.69 Å². The molecule has 5 nitrogen and oxygen atoms in total. The van der Waals surface area contributed by atoms with Crippen LogP contribution in [-0.4, -0.2) is 51.5 Å². The Morgan fingerprint density at radius 2 is 1.95 bits per heavy atom. The van der Waals surface area contributed by atoms with Gasteiger partial charge in [-0.25, -0.2) is 0 Å². The molecule has 0 aliphatic heterocycles. The second kappa shape index (κ2) is 8.19. The number of hydrogen-bond acceptors (Lipinski definition) is 5. The minimum Gasteiger partial charge on any atom is -0.383 e. The summed E-state index contributed by atoms with van der Waals surface area (Å²) in [4.78, 5) is 6.56. The van der Waals surface area contributed by atoms with Gasteiger partial charge in [-0.05, 0) is 18.9 Å². The van der Waals surface area contributed by atoms with Crippen LogP contribution in [0.2, 0.25) is 0 Å². The lowest BCUT2D eigenvalue weighted by atomic mass is 10.2. The van der Waals surface area contributed by atoms with Gasteiger partial charge in [0, 0.05) is 63.5 Å². The SMILES string of the molecule is COCCN(CCOC)c1ccncc1CNC1CC1. The Bertz CT molecular complexity index is 388. The number of rotatable bonds is 10. The van der Waals surface area contributed by atoms with Crippen LogP contribution in [0.1, 0.15) is 18.4 Å². The Hall–Kier alpha value is -1.17. The maximum atomic E-state index is 5.21. The summed E-state index contributed by atoms with van der Waals surface area (Å²) in [6, 6.07) is 2.78. The van der Waals surface area contributed by atoms with Gasteiger partial charge >= 0.3 is 0 Å². The predicted molar refractivity (Wildman–Crippen MR) is 80.1 cm³/mol. The van der Waals surface area contributed by atoms with Gasteiger partial charge in [0.05, 0.1) is 13.2 Å². The highest BCUT2D eigenvalue weighted by atomic mass is 16.5. The minimum absolute atomic E-state index is 0.703. The van der Waals surface area contributed by atoms with Gasteiger partial charge in [0.2, 0.25) is 0 Å². The van der Waals surface area contributed by atoms with Gasteiger partial charge in [-0.1, -0.05) is 0 Å². The molecule has 0 spiro atoms. The monoisotopic (exact) mass is 279 g/mol. The maximum Gasteiger partial charge on any atom is 0.0637 e. The maximum absolute atomic E-state index is 5.21. The van der Waals surface area contributed by atoms with Crippen molar-refractivity contribution in [3.63, 3.8) is 0 Å². The molecule has 1 aromatic rings. The van der Waals surface area contributed by atoms with Crippen molar-refractivity contribution in [3.8, 4) is 0 Å². The van der Waals surface area contributed by atoms with E-state index in [2.05, 4.69) is 21.3 Å². The van der Waals surface area contributed by atoms with Gasteiger partial charge in [-0.3, -0.25) is 4.98 Å². The largest absolute Gasteiger partial charge is 0.383 e. The van der Waals surface area contributed by atoms with Gasteiger partial charge in [0.25, 0.3) is 0 Å². The van der Waals surface area contributed by atoms with Crippen LogP contribution in [0.4, 0.5) is 5.69 Å². The third kappa shape index (κ3) is 4.74. The molecule has 112 valence electrons. The van der Waals surface area contributed by atoms with E-state index < -0.39 is 0 Å². The number of anilines is 1. The van der Waals surface area contributed by atoms with E-state index in [1.165, 1.54) is 24.1 Å². The topological polar surface area (TPSA) is 46.6 Å². The highest BCUT2D eigenvalue weighted by Gasteiger charge is 2.21. The summed E-state index contributed by atoms with van der Waals surface area (Å²) < 4.78 is 10.4. The number of aromatic nitrogens is 1. The lowest BCUT2D eigenvalue weighted by Gasteiger charge is -2.26. The van der Waals surface area contributed by atoms with E-state index in [4.69, 9.17) is 9.47 Å².